The number of nitrogens with one attached hydrogen (secondary N) is 2. The van der Waals surface area contributed by atoms with Gasteiger partial charge in [-0.2, -0.15) is 0 Å². The third kappa shape index (κ3) is 4.18. The molecule has 2 fully saturated rings. The van der Waals surface area contributed by atoms with Crippen LogP contribution in [0.25, 0.3) is 0 Å². The molecule has 1 saturated heterocycles. The Hall–Kier alpha value is -0.610. The molecule has 2 atom stereocenters. The largest absolute Gasteiger partial charge is 0.379 e. The predicted octanol–water partition coefficient (Wildman–Crippen LogP) is 1.70. The average molecular weight is 268 g/mol. The summed E-state index contributed by atoms with van der Waals surface area (Å²) < 4.78 is 5.47. The molecule has 2 rings (SSSR count). The van der Waals surface area contributed by atoms with E-state index in [0.717, 1.165) is 31.7 Å². The van der Waals surface area contributed by atoms with Crippen molar-refractivity contribution in [1.82, 2.24) is 10.6 Å². The third-order valence-corrected chi connectivity index (χ3v) is 4.44. The highest BCUT2D eigenvalue weighted by atomic mass is 16.5. The minimum absolute atomic E-state index is 0.00843. The zero-order valence-corrected chi connectivity index (χ0v) is 12.3. The van der Waals surface area contributed by atoms with Crippen LogP contribution in [0.4, 0.5) is 0 Å². The Kier molecular flexibility index (Phi) is 5.64. The van der Waals surface area contributed by atoms with Gasteiger partial charge in [-0.1, -0.05) is 13.8 Å². The predicted molar refractivity (Wildman–Crippen MR) is 76.0 cm³/mol. The molecule has 19 heavy (non-hydrogen) atoms. The van der Waals surface area contributed by atoms with Crippen LogP contribution < -0.4 is 10.6 Å². The fraction of sp³-hybridized carbons (Fsp3) is 0.933. The van der Waals surface area contributed by atoms with Crippen LogP contribution in [0, 0.1) is 11.8 Å². The van der Waals surface area contributed by atoms with E-state index in [-0.39, 0.29) is 17.9 Å². The first-order chi connectivity index (χ1) is 9.20. The van der Waals surface area contributed by atoms with Crippen LogP contribution >= 0.6 is 0 Å². The van der Waals surface area contributed by atoms with Gasteiger partial charge < -0.3 is 15.4 Å². The molecular formula is C15H28N2O2. The molecule has 1 heterocycles. The third-order valence-electron chi connectivity index (χ3n) is 4.44. The Bertz CT molecular complexity index is 288. The molecular weight excluding hydrogens is 240 g/mol. The Morgan fingerprint density at radius 1 is 1.21 bits per heavy atom. The van der Waals surface area contributed by atoms with Crippen molar-refractivity contribution in [2.45, 2.75) is 58.0 Å². The molecule has 110 valence electrons. The van der Waals surface area contributed by atoms with E-state index in [2.05, 4.69) is 24.5 Å². The zero-order valence-electron chi connectivity index (χ0n) is 12.3. The average Bonchev–Trinajstić information content (AvgIpc) is 2.87. The number of hydrogen-bond acceptors (Lipinski definition) is 3. The van der Waals surface area contributed by atoms with E-state index in [1.54, 1.807) is 0 Å². The minimum Gasteiger partial charge on any atom is -0.379 e. The second kappa shape index (κ2) is 7.25. The first kappa shape index (κ1) is 14.8. The van der Waals surface area contributed by atoms with Crippen molar-refractivity contribution in [3.63, 3.8) is 0 Å². The van der Waals surface area contributed by atoms with Gasteiger partial charge in [-0.3, -0.25) is 4.79 Å². The maximum absolute atomic E-state index is 12.3. The molecule has 2 aliphatic rings. The van der Waals surface area contributed by atoms with E-state index in [0.29, 0.717) is 19.3 Å². The molecule has 0 bridgehead atoms. The van der Waals surface area contributed by atoms with Crippen molar-refractivity contribution in [2.75, 3.05) is 19.8 Å². The second-order valence-corrected chi connectivity index (χ2v) is 6.17. The summed E-state index contributed by atoms with van der Waals surface area (Å²) in [5.41, 5.74) is 0. The molecule has 0 aromatic rings. The molecule has 0 aromatic carbocycles. The molecule has 2 N–H and O–H groups in total. The highest BCUT2D eigenvalue weighted by molar-refractivity contribution is 5.80. The van der Waals surface area contributed by atoms with Crippen molar-refractivity contribution >= 4 is 5.91 Å². The van der Waals surface area contributed by atoms with E-state index in [1.165, 1.54) is 12.8 Å². The van der Waals surface area contributed by atoms with Crippen LogP contribution in [-0.4, -0.2) is 37.7 Å². The summed E-state index contributed by atoms with van der Waals surface area (Å²) in [6, 6.07) is 0.582. The summed E-state index contributed by atoms with van der Waals surface area (Å²) >= 11 is 0. The van der Waals surface area contributed by atoms with Crippen LogP contribution in [0.15, 0.2) is 0 Å². The number of hydrogen-bond donors (Lipinski definition) is 2. The van der Waals surface area contributed by atoms with Crippen molar-refractivity contribution in [3.8, 4) is 0 Å². The lowest BCUT2D eigenvalue weighted by Crippen LogP contribution is -2.47. The van der Waals surface area contributed by atoms with Crippen molar-refractivity contribution < 1.29 is 9.53 Å². The SMILES string of the molecule is CCCNC1COCC1C(=O)NC1CCC(C)CC1. The Labute approximate surface area is 116 Å². The number of carbonyl (C=O) groups is 1. The summed E-state index contributed by atoms with van der Waals surface area (Å²) in [7, 11) is 0. The van der Waals surface area contributed by atoms with Gasteiger partial charge >= 0.3 is 0 Å². The van der Waals surface area contributed by atoms with Crippen LogP contribution in [0.1, 0.15) is 46.0 Å². The number of carbonyl (C=O) groups excluding carboxylic acids is 1. The molecule has 2 unspecified atom stereocenters. The van der Waals surface area contributed by atoms with Gasteiger partial charge in [0.15, 0.2) is 0 Å². The van der Waals surface area contributed by atoms with E-state index >= 15 is 0 Å². The highest BCUT2D eigenvalue weighted by Crippen LogP contribution is 2.24. The summed E-state index contributed by atoms with van der Waals surface area (Å²) in [6.07, 6.45) is 5.83. The van der Waals surface area contributed by atoms with Gasteiger partial charge in [-0.15, -0.1) is 0 Å². The molecule has 0 spiro atoms. The second-order valence-electron chi connectivity index (χ2n) is 6.17. The van der Waals surface area contributed by atoms with Gasteiger partial charge in [-0.05, 0) is 44.6 Å². The lowest BCUT2D eigenvalue weighted by molar-refractivity contribution is -0.126. The Balaban J connectivity index is 1.78. The van der Waals surface area contributed by atoms with Crippen LogP contribution in [0.5, 0.6) is 0 Å². The standard InChI is InChI=1S/C15H28N2O2/c1-3-8-16-14-10-19-9-13(14)15(18)17-12-6-4-11(2)5-7-12/h11-14,16H,3-10H2,1-2H3,(H,17,18). The quantitative estimate of drug-likeness (QED) is 0.798. The lowest BCUT2D eigenvalue weighted by atomic mass is 9.87. The maximum atomic E-state index is 12.3. The Morgan fingerprint density at radius 2 is 1.95 bits per heavy atom. The monoisotopic (exact) mass is 268 g/mol. The van der Waals surface area contributed by atoms with E-state index in [4.69, 9.17) is 4.74 Å². The minimum atomic E-state index is -0.00843. The summed E-state index contributed by atoms with van der Waals surface area (Å²) in [5, 5.41) is 6.65. The smallest absolute Gasteiger partial charge is 0.227 e. The van der Waals surface area contributed by atoms with E-state index in [1.807, 2.05) is 0 Å². The highest BCUT2D eigenvalue weighted by Gasteiger charge is 2.34. The molecule has 0 radical (unpaired) electrons. The van der Waals surface area contributed by atoms with Crippen LogP contribution in [0.2, 0.25) is 0 Å². The number of rotatable bonds is 5. The normalized spacial score (nSPS) is 35.3. The van der Waals surface area contributed by atoms with Crippen molar-refractivity contribution in [2.24, 2.45) is 11.8 Å². The molecule has 1 aliphatic heterocycles. The fourth-order valence-corrected chi connectivity index (χ4v) is 3.06. The topological polar surface area (TPSA) is 50.4 Å². The first-order valence-corrected chi connectivity index (χ1v) is 7.82. The molecule has 4 nitrogen and oxygen atoms in total. The van der Waals surface area contributed by atoms with Gasteiger partial charge in [0.2, 0.25) is 5.91 Å². The lowest BCUT2D eigenvalue weighted by Gasteiger charge is -2.28. The van der Waals surface area contributed by atoms with Crippen LogP contribution in [-0.2, 0) is 9.53 Å². The summed E-state index contributed by atoms with van der Waals surface area (Å²) in [5.74, 6) is 0.999. The molecule has 1 amide bonds. The number of ether oxygens (including phenoxy) is 1. The van der Waals surface area contributed by atoms with Gasteiger partial charge in [0, 0.05) is 12.1 Å². The van der Waals surface area contributed by atoms with Crippen LogP contribution in [0.3, 0.4) is 0 Å². The zero-order chi connectivity index (χ0) is 13.7. The summed E-state index contributed by atoms with van der Waals surface area (Å²) in [6.45, 7) is 6.63. The molecule has 4 heteroatoms. The van der Waals surface area contributed by atoms with Crippen molar-refractivity contribution in [3.05, 3.63) is 0 Å². The van der Waals surface area contributed by atoms with Gasteiger partial charge in [0.25, 0.3) is 0 Å². The van der Waals surface area contributed by atoms with E-state index < -0.39 is 0 Å². The molecule has 0 aromatic heterocycles. The van der Waals surface area contributed by atoms with Gasteiger partial charge in [-0.25, -0.2) is 0 Å². The first-order valence-electron chi connectivity index (χ1n) is 7.82. The molecule has 1 saturated carbocycles. The van der Waals surface area contributed by atoms with Crippen molar-refractivity contribution in [1.29, 1.82) is 0 Å². The molecule has 1 aliphatic carbocycles. The fourth-order valence-electron chi connectivity index (χ4n) is 3.06. The van der Waals surface area contributed by atoms with Gasteiger partial charge in [0.05, 0.1) is 19.1 Å². The Morgan fingerprint density at radius 3 is 2.63 bits per heavy atom. The number of amides is 1. The van der Waals surface area contributed by atoms with Gasteiger partial charge in [0.1, 0.15) is 0 Å². The van der Waals surface area contributed by atoms with E-state index in [9.17, 15) is 4.79 Å². The summed E-state index contributed by atoms with van der Waals surface area (Å²) in [4.78, 5) is 12.3. The maximum Gasteiger partial charge on any atom is 0.227 e.